The third-order valence-corrected chi connectivity index (χ3v) is 8.10. The maximum Gasteiger partial charge on any atom is 0.261 e. The molecule has 0 aliphatic carbocycles. The van der Waals surface area contributed by atoms with Crippen LogP contribution in [0.2, 0.25) is 5.02 Å². The van der Waals surface area contributed by atoms with Gasteiger partial charge in [-0.25, -0.2) is 16.8 Å². The number of nitrogens with zero attached hydrogens (tertiary/aromatic N) is 1. The summed E-state index contributed by atoms with van der Waals surface area (Å²) in [6, 6.07) is 16.8. The summed E-state index contributed by atoms with van der Waals surface area (Å²) in [5.41, 5.74) is 0.660. The molecule has 1 aliphatic rings. The Kier molecular flexibility index (Phi) is 6.34. The fourth-order valence-electron chi connectivity index (χ4n) is 3.30. The number of imide groups is 1. The predicted molar refractivity (Wildman–Crippen MR) is 128 cm³/mol. The number of rotatable bonds is 7. The lowest BCUT2D eigenvalue weighted by molar-refractivity contribution is -0.121. The van der Waals surface area contributed by atoms with Crippen molar-refractivity contribution in [3.05, 3.63) is 77.8 Å². The lowest BCUT2D eigenvalue weighted by Crippen LogP contribution is -2.28. The minimum absolute atomic E-state index is 0.0836. The third kappa shape index (κ3) is 4.91. The van der Waals surface area contributed by atoms with Crippen LogP contribution in [-0.2, 0) is 29.6 Å². The molecule has 4 rings (SSSR count). The van der Waals surface area contributed by atoms with E-state index in [2.05, 4.69) is 9.44 Å². The van der Waals surface area contributed by atoms with Crippen molar-refractivity contribution in [3.8, 4) is 0 Å². The molecular formula is C22H18ClN3O6S2. The van der Waals surface area contributed by atoms with Crippen LogP contribution < -0.4 is 14.3 Å². The molecule has 0 spiro atoms. The molecule has 0 atom stereocenters. The second-order valence-electron chi connectivity index (χ2n) is 7.33. The molecule has 3 aromatic carbocycles. The van der Waals surface area contributed by atoms with E-state index in [1.54, 1.807) is 18.2 Å². The number of benzene rings is 3. The Morgan fingerprint density at radius 1 is 0.676 bits per heavy atom. The Labute approximate surface area is 201 Å². The molecule has 1 fully saturated rings. The van der Waals surface area contributed by atoms with Crippen molar-refractivity contribution in [3.63, 3.8) is 0 Å². The number of hydrogen-bond acceptors (Lipinski definition) is 6. The number of para-hydroxylation sites is 1. The highest BCUT2D eigenvalue weighted by atomic mass is 35.5. The Hall–Kier alpha value is -3.41. The topological polar surface area (TPSA) is 130 Å². The highest BCUT2D eigenvalue weighted by molar-refractivity contribution is 7.93. The standard InChI is InChI=1S/C22H18ClN3O6S2/c23-19-3-1-2-4-20(19)25-34(31,32)17-9-5-15(6-10-17)24-33(29,30)18-11-7-16(8-12-18)26-21(27)13-14-22(26)28/h1-12,24-25H,13-14H2. The zero-order chi connectivity index (χ0) is 24.5. The minimum atomic E-state index is -4.00. The largest absolute Gasteiger partial charge is 0.280 e. The predicted octanol–water partition coefficient (Wildman–Crippen LogP) is 3.60. The molecule has 1 aliphatic heterocycles. The second kappa shape index (κ2) is 9.09. The summed E-state index contributed by atoms with van der Waals surface area (Å²) in [6.07, 6.45) is 0.250. The molecule has 0 radical (unpaired) electrons. The van der Waals surface area contributed by atoms with Gasteiger partial charge in [0.25, 0.3) is 20.0 Å². The van der Waals surface area contributed by atoms with Gasteiger partial charge in [-0.3, -0.25) is 23.9 Å². The molecule has 34 heavy (non-hydrogen) atoms. The summed E-state index contributed by atoms with van der Waals surface area (Å²) in [7, 11) is -7.95. The monoisotopic (exact) mass is 519 g/mol. The van der Waals surface area contributed by atoms with Crippen LogP contribution in [0.25, 0.3) is 0 Å². The van der Waals surface area contributed by atoms with Crippen molar-refractivity contribution in [2.24, 2.45) is 0 Å². The molecule has 9 nitrogen and oxygen atoms in total. The van der Waals surface area contributed by atoms with Crippen LogP contribution in [0, 0.1) is 0 Å². The van der Waals surface area contributed by atoms with Gasteiger partial charge in [0.05, 0.1) is 26.2 Å². The van der Waals surface area contributed by atoms with E-state index in [1.165, 1.54) is 54.6 Å². The maximum atomic E-state index is 12.7. The van der Waals surface area contributed by atoms with Gasteiger partial charge in [0.2, 0.25) is 11.8 Å². The molecule has 3 aromatic rings. The molecule has 0 aromatic heterocycles. The van der Waals surface area contributed by atoms with Gasteiger partial charge in [0, 0.05) is 18.5 Å². The number of hydrogen-bond donors (Lipinski definition) is 2. The van der Waals surface area contributed by atoms with E-state index >= 15 is 0 Å². The van der Waals surface area contributed by atoms with Crippen molar-refractivity contribution >= 4 is 60.5 Å². The molecule has 1 saturated heterocycles. The molecule has 176 valence electrons. The van der Waals surface area contributed by atoms with Gasteiger partial charge in [0.15, 0.2) is 0 Å². The van der Waals surface area contributed by atoms with Crippen LogP contribution in [0.3, 0.4) is 0 Å². The average molecular weight is 520 g/mol. The summed E-state index contributed by atoms with van der Waals surface area (Å²) in [5.74, 6) is -0.671. The first-order valence-electron chi connectivity index (χ1n) is 9.93. The lowest BCUT2D eigenvalue weighted by atomic mass is 10.3. The van der Waals surface area contributed by atoms with Crippen LogP contribution in [-0.4, -0.2) is 28.6 Å². The van der Waals surface area contributed by atoms with Gasteiger partial charge >= 0.3 is 0 Å². The Bertz CT molecular complexity index is 1460. The maximum absolute atomic E-state index is 12.7. The fourth-order valence-corrected chi connectivity index (χ4v) is 5.68. The molecule has 2 amide bonds. The molecule has 0 bridgehead atoms. The lowest BCUT2D eigenvalue weighted by Gasteiger charge is -2.15. The SMILES string of the molecule is O=C1CCC(=O)N1c1ccc(S(=O)(=O)Nc2ccc(S(=O)(=O)Nc3ccccc3Cl)cc2)cc1. The molecular weight excluding hydrogens is 502 g/mol. The summed E-state index contributed by atoms with van der Waals surface area (Å²) in [4.78, 5) is 24.5. The van der Waals surface area contributed by atoms with Gasteiger partial charge in [-0.2, -0.15) is 0 Å². The molecule has 0 unspecified atom stereocenters. The number of carbonyl (C=O) groups excluding carboxylic acids is 2. The van der Waals surface area contributed by atoms with Crippen LogP contribution in [0.4, 0.5) is 17.1 Å². The van der Waals surface area contributed by atoms with E-state index in [0.29, 0.717) is 5.69 Å². The van der Waals surface area contributed by atoms with Crippen molar-refractivity contribution in [2.75, 3.05) is 14.3 Å². The number of anilines is 3. The van der Waals surface area contributed by atoms with Gasteiger partial charge in [0.1, 0.15) is 0 Å². The molecule has 2 N–H and O–H groups in total. The van der Waals surface area contributed by atoms with E-state index in [4.69, 9.17) is 11.6 Å². The number of nitrogens with one attached hydrogen (secondary N) is 2. The van der Waals surface area contributed by atoms with E-state index in [1.807, 2.05) is 0 Å². The zero-order valence-electron chi connectivity index (χ0n) is 17.4. The van der Waals surface area contributed by atoms with Crippen LogP contribution in [0.1, 0.15) is 12.8 Å². The minimum Gasteiger partial charge on any atom is -0.280 e. The zero-order valence-corrected chi connectivity index (χ0v) is 19.8. The fraction of sp³-hybridized carbons (Fsp3) is 0.0909. The summed E-state index contributed by atoms with van der Waals surface area (Å²) in [6.45, 7) is 0. The summed E-state index contributed by atoms with van der Waals surface area (Å²) >= 11 is 6.00. The van der Waals surface area contributed by atoms with E-state index in [-0.39, 0.29) is 50.8 Å². The highest BCUT2D eigenvalue weighted by Crippen LogP contribution is 2.27. The summed E-state index contributed by atoms with van der Waals surface area (Å²) < 4.78 is 55.4. The number of sulfonamides is 2. The smallest absolute Gasteiger partial charge is 0.261 e. The Morgan fingerprint density at radius 2 is 1.18 bits per heavy atom. The van der Waals surface area contributed by atoms with Crippen LogP contribution >= 0.6 is 11.6 Å². The van der Waals surface area contributed by atoms with Crippen LogP contribution in [0.5, 0.6) is 0 Å². The molecule has 0 saturated carbocycles. The van der Waals surface area contributed by atoms with Gasteiger partial charge in [-0.05, 0) is 60.7 Å². The van der Waals surface area contributed by atoms with Gasteiger partial charge < -0.3 is 0 Å². The second-order valence-corrected chi connectivity index (χ2v) is 11.1. The van der Waals surface area contributed by atoms with Gasteiger partial charge in [-0.1, -0.05) is 23.7 Å². The Morgan fingerprint density at radius 3 is 1.74 bits per heavy atom. The third-order valence-electron chi connectivity index (χ3n) is 4.99. The number of amides is 2. The average Bonchev–Trinajstić information content (AvgIpc) is 3.13. The number of halogens is 1. The highest BCUT2D eigenvalue weighted by Gasteiger charge is 2.30. The van der Waals surface area contributed by atoms with E-state index in [0.717, 1.165) is 4.90 Å². The van der Waals surface area contributed by atoms with E-state index < -0.39 is 20.0 Å². The van der Waals surface area contributed by atoms with Crippen molar-refractivity contribution in [1.29, 1.82) is 0 Å². The van der Waals surface area contributed by atoms with Crippen molar-refractivity contribution in [2.45, 2.75) is 22.6 Å². The van der Waals surface area contributed by atoms with E-state index in [9.17, 15) is 26.4 Å². The van der Waals surface area contributed by atoms with Crippen molar-refractivity contribution < 1.29 is 26.4 Å². The first-order valence-corrected chi connectivity index (χ1v) is 13.3. The quantitative estimate of drug-likeness (QED) is 0.459. The molecule has 1 heterocycles. The first-order chi connectivity index (χ1) is 16.1. The Balaban J connectivity index is 1.49. The van der Waals surface area contributed by atoms with Crippen molar-refractivity contribution in [1.82, 2.24) is 0 Å². The summed E-state index contributed by atoms with van der Waals surface area (Å²) in [5, 5.41) is 0.236. The first kappa shape index (κ1) is 23.7. The molecule has 12 heteroatoms. The normalized spacial score (nSPS) is 14.3. The van der Waals surface area contributed by atoms with Crippen LogP contribution in [0.15, 0.2) is 82.6 Å². The van der Waals surface area contributed by atoms with Gasteiger partial charge in [-0.15, -0.1) is 0 Å². The number of carbonyl (C=O) groups is 2.